The summed E-state index contributed by atoms with van der Waals surface area (Å²) in [6, 6.07) is 8.38. The summed E-state index contributed by atoms with van der Waals surface area (Å²) in [6.07, 6.45) is 9.67. The molecular formula is C26H30ClFN4O2. The van der Waals surface area contributed by atoms with Crippen LogP contribution in [0.2, 0.25) is 5.02 Å². The summed E-state index contributed by atoms with van der Waals surface area (Å²) in [5.41, 5.74) is 1.37. The van der Waals surface area contributed by atoms with E-state index in [-0.39, 0.29) is 11.1 Å². The summed E-state index contributed by atoms with van der Waals surface area (Å²) >= 11 is 5.97. The summed E-state index contributed by atoms with van der Waals surface area (Å²) in [7, 11) is 0. The van der Waals surface area contributed by atoms with Gasteiger partial charge in [-0.1, -0.05) is 11.6 Å². The van der Waals surface area contributed by atoms with Crippen LogP contribution in [0.4, 0.5) is 15.9 Å². The number of hydrogen-bond acceptors (Lipinski definition) is 6. The van der Waals surface area contributed by atoms with Crippen LogP contribution in [0.25, 0.3) is 10.9 Å². The van der Waals surface area contributed by atoms with Gasteiger partial charge in [0.1, 0.15) is 29.5 Å². The Labute approximate surface area is 204 Å². The number of aromatic nitrogens is 2. The van der Waals surface area contributed by atoms with E-state index in [1.807, 2.05) is 12.1 Å². The Morgan fingerprint density at radius 3 is 2.68 bits per heavy atom. The molecule has 8 heteroatoms. The summed E-state index contributed by atoms with van der Waals surface area (Å²) in [5, 5.41) is 4.08. The number of hydrogen-bond donors (Lipinski definition) is 1. The van der Waals surface area contributed by atoms with Crippen LogP contribution in [-0.4, -0.2) is 47.2 Å². The van der Waals surface area contributed by atoms with Gasteiger partial charge >= 0.3 is 0 Å². The summed E-state index contributed by atoms with van der Waals surface area (Å²) in [4.78, 5) is 11.4. The molecule has 0 amide bonds. The average molecular weight is 485 g/mol. The molecule has 6 nitrogen and oxygen atoms in total. The molecule has 2 fully saturated rings. The Morgan fingerprint density at radius 1 is 1.06 bits per heavy atom. The number of halogens is 2. The zero-order valence-electron chi connectivity index (χ0n) is 19.2. The molecule has 0 radical (unpaired) electrons. The SMILES string of the molecule is Fc1ccc(Nc2ncnc3cc(OCCCN4CCCC4)cc(OC4CCCC4)c23)cc1Cl. The molecule has 1 saturated heterocycles. The number of rotatable bonds is 9. The molecule has 5 rings (SSSR count). The van der Waals surface area contributed by atoms with E-state index in [1.165, 1.54) is 51.2 Å². The van der Waals surface area contributed by atoms with Gasteiger partial charge in [0.15, 0.2) is 0 Å². The van der Waals surface area contributed by atoms with Gasteiger partial charge in [0, 0.05) is 24.4 Å². The van der Waals surface area contributed by atoms with Gasteiger partial charge in [0.2, 0.25) is 0 Å². The number of likely N-dealkylation sites (tertiary alicyclic amines) is 1. The number of ether oxygens (including phenoxy) is 2. The second-order valence-corrected chi connectivity index (χ2v) is 9.47. The maximum Gasteiger partial charge on any atom is 0.145 e. The van der Waals surface area contributed by atoms with E-state index in [2.05, 4.69) is 20.2 Å². The van der Waals surface area contributed by atoms with Gasteiger partial charge < -0.3 is 19.7 Å². The fraction of sp³-hybridized carbons (Fsp3) is 0.462. The van der Waals surface area contributed by atoms with Crippen molar-refractivity contribution in [3.8, 4) is 11.5 Å². The van der Waals surface area contributed by atoms with Gasteiger partial charge in [0.05, 0.1) is 28.6 Å². The molecule has 0 bridgehead atoms. The maximum atomic E-state index is 13.6. The molecule has 1 aromatic heterocycles. The third kappa shape index (κ3) is 5.53. The quantitative estimate of drug-likeness (QED) is 0.357. The van der Waals surface area contributed by atoms with Crippen molar-refractivity contribution in [1.29, 1.82) is 0 Å². The number of nitrogens with one attached hydrogen (secondary N) is 1. The molecule has 1 saturated carbocycles. The number of nitrogens with zero attached hydrogens (tertiary/aromatic N) is 3. The van der Waals surface area contributed by atoms with Crippen LogP contribution in [-0.2, 0) is 0 Å². The van der Waals surface area contributed by atoms with E-state index in [1.54, 1.807) is 12.1 Å². The first kappa shape index (κ1) is 23.1. The average Bonchev–Trinajstić information content (AvgIpc) is 3.54. The Kier molecular flexibility index (Phi) is 7.30. The van der Waals surface area contributed by atoms with Crippen molar-refractivity contribution in [2.45, 2.75) is 51.0 Å². The lowest BCUT2D eigenvalue weighted by Crippen LogP contribution is -2.21. The molecule has 2 aromatic carbocycles. The molecule has 0 unspecified atom stereocenters. The lowest BCUT2D eigenvalue weighted by molar-refractivity contribution is 0.211. The van der Waals surface area contributed by atoms with E-state index < -0.39 is 5.82 Å². The van der Waals surface area contributed by atoms with Gasteiger partial charge in [-0.25, -0.2) is 14.4 Å². The topological polar surface area (TPSA) is 59.5 Å². The Hall–Kier alpha value is -2.64. The molecule has 1 aliphatic carbocycles. The standard InChI is InChI=1S/C26H30ClFN4O2/c27-21-14-18(8-9-22(21)28)31-26-25-23(29-17-30-26)15-20(16-24(25)34-19-6-1-2-7-19)33-13-5-12-32-10-3-4-11-32/h8-9,14-17,19H,1-7,10-13H2,(H,29,30,31). The predicted octanol–water partition coefficient (Wildman–Crippen LogP) is 6.35. The first-order chi connectivity index (χ1) is 16.7. The molecule has 2 heterocycles. The summed E-state index contributed by atoms with van der Waals surface area (Å²) < 4.78 is 26.2. The molecule has 0 spiro atoms. The summed E-state index contributed by atoms with van der Waals surface area (Å²) in [5.74, 6) is 1.57. The third-order valence-corrected chi connectivity index (χ3v) is 6.83. The predicted molar refractivity (Wildman–Crippen MR) is 133 cm³/mol. The lowest BCUT2D eigenvalue weighted by atomic mass is 10.2. The molecule has 34 heavy (non-hydrogen) atoms. The van der Waals surface area contributed by atoms with Crippen LogP contribution < -0.4 is 14.8 Å². The van der Waals surface area contributed by atoms with Crippen molar-refractivity contribution in [2.24, 2.45) is 0 Å². The number of fused-ring (bicyclic) bond motifs is 1. The Morgan fingerprint density at radius 2 is 1.88 bits per heavy atom. The van der Waals surface area contributed by atoms with Crippen LogP contribution in [0.1, 0.15) is 44.9 Å². The van der Waals surface area contributed by atoms with Crippen molar-refractivity contribution in [2.75, 3.05) is 31.6 Å². The first-order valence-corrected chi connectivity index (χ1v) is 12.6. The van der Waals surface area contributed by atoms with Gasteiger partial charge in [-0.05, 0) is 76.2 Å². The van der Waals surface area contributed by atoms with E-state index >= 15 is 0 Å². The van der Waals surface area contributed by atoms with Crippen molar-refractivity contribution in [1.82, 2.24) is 14.9 Å². The molecule has 1 N–H and O–H groups in total. The Bertz CT molecular complexity index is 1130. The van der Waals surface area contributed by atoms with Gasteiger partial charge in [0.25, 0.3) is 0 Å². The van der Waals surface area contributed by atoms with Crippen molar-refractivity contribution in [3.05, 3.63) is 47.5 Å². The van der Waals surface area contributed by atoms with Gasteiger partial charge in [-0.2, -0.15) is 0 Å². The van der Waals surface area contributed by atoms with Crippen molar-refractivity contribution in [3.63, 3.8) is 0 Å². The van der Waals surface area contributed by atoms with Crippen LogP contribution in [0, 0.1) is 5.82 Å². The third-order valence-electron chi connectivity index (χ3n) is 6.54. The smallest absolute Gasteiger partial charge is 0.145 e. The molecule has 180 valence electrons. The number of anilines is 2. The molecule has 1 aliphatic heterocycles. The molecule has 3 aromatic rings. The normalized spacial score (nSPS) is 16.9. The highest BCUT2D eigenvalue weighted by Gasteiger charge is 2.21. The first-order valence-electron chi connectivity index (χ1n) is 12.2. The van der Waals surface area contributed by atoms with Crippen LogP contribution >= 0.6 is 11.6 Å². The van der Waals surface area contributed by atoms with Crippen LogP contribution in [0.5, 0.6) is 11.5 Å². The van der Waals surface area contributed by atoms with E-state index in [9.17, 15) is 4.39 Å². The van der Waals surface area contributed by atoms with Gasteiger partial charge in [-0.3, -0.25) is 0 Å². The lowest BCUT2D eigenvalue weighted by Gasteiger charge is -2.19. The van der Waals surface area contributed by atoms with Crippen LogP contribution in [0.3, 0.4) is 0 Å². The highest BCUT2D eigenvalue weighted by molar-refractivity contribution is 6.31. The minimum Gasteiger partial charge on any atom is -0.493 e. The zero-order valence-corrected chi connectivity index (χ0v) is 20.0. The second kappa shape index (κ2) is 10.7. The van der Waals surface area contributed by atoms with Crippen LogP contribution in [0.15, 0.2) is 36.7 Å². The molecular weight excluding hydrogens is 455 g/mol. The fourth-order valence-corrected chi connectivity index (χ4v) is 4.96. The Balaban J connectivity index is 1.40. The molecule has 0 atom stereocenters. The monoisotopic (exact) mass is 484 g/mol. The van der Waals surface area contributed by atoms with Crippen molar-refractivity contribution >= 4 is 34.0 Å². The van der Waals surface area contributed by atoms with Crippen molar-refractivity contribution < 1.29 is 13.9 Å². The van der Waals surface area contributed by atoms with Gasteiger partial charge in [-0.15, -0.1) is 0 Å². The number of benzene rings is 2. The van der Waals surface area contributed by atoms with E-state index in [0.29, 0.717) is 23.9 Å². The molecule has 2 aliphatic rings. The zero-order chi connectivity index (χ0) is 23.3. The van der Waals surface area contributed by atoms with E-state index in [4.69, 9.17) is 21.1 Å². The second-order valence-electron chi connectivity index (χ2n) is 9.07. The fourth-order valence-electron chi connectivity index (χ4n) is 4.78. The van der Waals surface area contributed by atoms with E-state index in [0.717, 1.165) is 42.5 Å². The highest BCUT2D eigenvalue weighted by atomic mass is 35.5. The minimum atomic E-state index is -0.462. The highest BCUT2D eigenvalue weighted by Crippen LogP contribution is 2.38. The summed E-state index contributed by atoms with van der Waals surface area (Å²) in [6.45, 7) is 4.10. The largest absolute Gasteiger partial charge is 0.493 e. The minimum absolute atomic E-state index is 0.0513. The maximum absolute atomic E-state index is 13.6.